The van der Waals surface area contributed by atoms with E-state index in [9.17, 15) is 14.4 Å². The number of nitrogens with one attached hydrogen (secondary N) is 3. The number of fused-ring (bicyclic) bond motifs is 1. The van der Waals surface area contributed by atoms with E-state index in [1.165, 1.54) is 0 Å². The summed E-state index contributed by atoms with van der Waals surface area (Å²) < 4.78 is 5.16. The van der Waals surface area contributed by atoms with Gasteiger partial charge in [0.15, 0.2) is 0 Å². The number of aromatic nitrogens is 2. The first-order valence-corrected chi connectivity index (χ1v) is 8.09. The van der Waals surface area contributed by atoms with Gasteiger partial charge in [0, 0.05) is 12.6 Å². The van der Waals surface area contributed by atoms with Crippen LogP contribution in [0.15, 0.2) is 18.2 Å². The summed E-state index contributed by atoms with van der Waals surface area (Å²) in [5.74, 6) is -0.401. The number of anilines is 1. The summed E-state index contributed by atoms with van der Waals surface area (Å²) in [5.41, 5.74) is 1.64. The van der Waals surface area contributed by atoms with Crippen molar-refractivity contribution in [2.45, 2.75) is 18.9 Å². The minimum Gasteiger partial charge on any atom is -0.497 e. The van der Waals surface area contributed by atoms with Gasteiger partial charge in [0.25, 0.3) is 5.91 Å². The van der Waals surface area contributed by atoms with Crippen LogP contribution in [-0.4, -0.2) is 64.1 Å². The Labute approximate surface area is 148 Å². The lowest BCUT2D eigenvalue weighted by Gasteiger charge is -2.10. The van der Waals surface area contributed by atoms with Gasteiger partial charge in [-0.15, -0.1) is 0 Å². The van der Waals surface area contributed by atoms with Crippen molar-refractivity contribution in [2.75, 3.05) is 25.5 Å². The molecule has 1 saturated heterocycles. The number of aromatic amines is 1. The van der Waals surface area contributed by atoms with Gasteiger partial charge in [-0.25, -0.2) is 9.78 Å². The van der Waals surface area contributed by atoms with E-state index in [1.807, 2.05) is 18.2 Å². The summed E-state index contributed by atoms with van der Waals surface area (Å²) in [6.07, 6.45) is 1.000. The first-order valence-electron chi connectivity index (χ1n) is 8.09. The molecule has 0 saturated carbocycles. The molecule has 4 N–H and O–H groups in total. The molecule has 0 aliphatic carbocycles. The molecular formula is C16H19N5O5. The van der Waals surface area contributed by atoms with E-state index in [4.69, 9.17) is 9.84 Å². The van der Waals surface area contributed by atoms with Gasteiger partial charge in [-0.3, -0.25) is 14.5 Å². The smallest absolute Gasteiger partial charge is 0.325 e. The van der Waals surface area contributed by atoms with Crippen LogP contribution in [0.4, 0.5) is 10.7 Å². The van der Waals surface area contributed by atoms with Crippen molar-refractivity contribution in [3.05, 3.63) is 18.2 Å². The maximum absolute atomic E-state index is 12.0. The number of carbonyl (C=O) groups is 3. The van der Waals surface area contributed by atoms with Crippen molar-refractivity contribution < 1.29 is 24.2 Å². The molecule has 1 atom stereocenters. The van der Waals surface area contributed by atoms with E-state index < -0.39 is 30.5 Å². The highest BCUT2D eigenvalue weighted by Gasteiger charge is 2.38. The average Bonchev–Trinajstić information content (AvgIpc) is 3.13. The number of amides is 3. The second kappa shape index (κ2) is 7.30. The number of methoxy groups -OCH3 is 1. The zero-order valence-electron chi connectivity index (χ0n) is 14.1. The Kier molecular flexibility index (Phi) is 4.92. The first kappa shape index (κ1) is 17.5. The molecule has 26 heavy (non-hydrogen) atoms. The molecule has 0 radical (unpaired) electrons. The minimum atomic E-state index is -1.22. The van der Waals surface area contributed by atoms with Gasteiger partial charge >= 0.3 is 12.0 Å². The SMILES string of the molecule is COc1ccc2nc(NCCCC3NC(=O)N(CC(=O)O)C3=O)[nH]c2c1. The second-order valence-corrected chi connectivity index (χ2v) is 5.86. The highest BCUT2D eigenvalue weighted by molar-refractivity contribution is 6.05. The Morgan fingerprint density at radius 1 is 1.42 bits per heavy atom. The van der Waals surface area contributed by atoms with Crippen molar-refractivity contribution in [1.82, 2.24) is 20.2 Å². The number of imide groups is 1. The van der Waals surface area contributed by atoms with Gasteiger partial charge < -0.3 is 25.5 Å². The van der Waals surface area contributed by atoms with E-state index in [-0.39, 0.29) is 0 Å². The molecule has 2 aromatic rings. The van der Waals surface area contributed by atoms with Crippen LogP contribution in [-0.2, 0) is 9.59 Å². The van der Waals surface area contributed by atoms with E-state index in [0.29, 0.717) is 30.2 Å². The number of nitrogens with zero attached hydrogens (tertiary/aromatic N) is 2. The van der Waals surface area contributed by atoms with E-state index in [1.54, 1.807) is 7.11 Å². The van der Waals surface area contributed by atoms with Crippen LogP contribution in [0.3, 0.4) is 0 Å². The number of rotatable bonds is 8. The van der Waals surface area contributed by atoms with Gasteiger partial charge in [0.1, 0.15) is 18.3 Å². The maximum atomic E-state index is 12.0. The molecule has 10 nitrogen and oxygen atoms in total. The summed E-state index contributed by atoms with van der Waals surface area (Å²) >= 11 is 0. The third kappa shape index (κ3) is 3.68. The Morgan fingerprint density at radius 3 is 2.96 bits per heavy atom. The summed E-state index contributed by atoms with van der Waals surface area (Å²) in [5, 5.41) is 14.4. The highest BCUT2D eigenvalue weighted by Crippen LogP contribution is 2.20. The van der Waals surface area contributed by atoms with Crippen molar-refractivity contribution in [2.24, 2.45) is 0 Å². The predicted octanol–water partition coefficient (Wildman–Crippen LogP) is 0.769. The standard InChI is InChI=1S/C16H19N5O5/c1-26-9-4-5-10-12(7-9)19-15(18-10)17-6-2-3-11-14(24)21(8-13(22)23)16(25)20-11/h4-5,7,11H,2-3,6,8H2,1H3,(H,20,25)(H,22,23)(H2,17,18,19). The number of imidazole rings is 1. The Balaban J connectivity index is 1.49. The number of urea groups is 1. The van der Waals surface area contributed by atoms with Crippen molar-refractivity contribution in [3.8, 4) is 5.75 Å². The third-order valence-corrected chi connectivity index (χ3v) is 4.05. The molecule has 1 unspecified atom stereocenters. The number of H-pyrrole nitrogens is 1. The minimum absolute atomic E-state index is 0.405. The third-order valence-electron chi connectivity index (χ3n) is 4.05. The summed E-state index contributed by atoms with van der Waals surface area (Å²) in [4.78, 5) is 42.6. The first-order chi connectivity index (χ1) is 12.5. The molecule has 1 aromatic heterocycles. The fourth-order valence-electron chi connectivity index (χ4n) is 2.77. The van der Waals surface area contributed by atoms with Crippen molar-refractivity contribution in [3.63, 3.8) is 0 Å². The summed E-state index contributed by atoms with van der Waals surface area (Å²) in [7, 11) is 1.59. The quantitative estimate of drug-likeness (QED) is 0.402. The number of carboxylic acid groups (broad SMARTS) is 1. The molecule has 2 heterocycles. The molecule has 10 heteroatoms. The molecule has 1 aliphatic rings. The largest absolute Gasteiger partial charge is 0.497 e. The Morgan fingerprint density at radius 2 is 2.23 bits per heavy atom. The van der Waals surface area contributed by atoms with Crippen LogP contribution in [0.1, 0.15) is 12.8 Å². The molecule has 0 bridgehead atoms. The number of carboxylic acids is 1. The number of benzene rings is 1. The maximum Gasteiger partial charge on any atom is 0.325 e. The second-order valence-electron chi connectivity index (χ2n) is 5.86. The molecule has 3 rings (SSSR count). The fourth-order valence-corrected chi connectivity index (χ4v) is 2.77. The zero-order valence-corrected chi connectivity index (χ0v) is 14.1. The number of carbonyl (C=O) groups excluding carboxylic acids is 2. The van der Waals surface area contributed by atoms with Crippen molar-refractivity contribution in [1.29, 1.82) is 0 Å². The van der Waals surface area contributed by atoms with Gasteiger partial charge in [-0.05, 0) is 25.0 Å². The van der Waals surface area contributed by atoms with E-state index in [0.717, 1.165) is 16.8 Å². The van der Waals surface area contributed by atoms with Crippen LogP contribution in [0, 0.1) is 0 Å². The van der Waals surface area contributed by atoms with Crippen LogP contribution < -0.4 is 15.4 Å². The van der Waals surface area contributed by atoms with Crippen LogP contribution in [0.2, 0.25) is 0 Å². The average molecular weight is 361 g/mol. The lowest BCUT2D eigenvalue weighted by Crippen LogP contribution is -2.36. The van der Waals surface area contributed by atoms with Crippen LogP contribution >= 0.6 is 0 Å². The summed E-state index contributed by atoms with van der Waals surface area (Å²) in [6, 6.07) is 4.16. The number of ether oxygens (including phenoxy) is 1. The van der Waals surface area contributed by atoms with E-state index >= 15 is 0 Å². The molecule has 0 spiro atoms. The van der Waals surface area contributed by atoms with Gasteiger partial charge in [-0.1, -0.05) is 0 Å². The van der Waals surface area contributed by atoms with Crippen LogP contribution in [0.25, 0.3) is 11.0 Å². The summed E-state index contributed by atoms with van der Waals surface area (Å²) in [6.45, 7) is -0.0859. The molecule has 1 fully saturated rings. The topological polar surface area (TPSA) is 137 Å². The molecule has 138 valence electrons. The number of aliphatic carboxylic acids is 1. The molecular weight excluding hydrogens is 342 g/mol. The normalized spacial score (nSPS) is 16.8. The molecule has 1 aliphatic heterocycles. The molecule has 3 amide bonds. The Hall–Kier alpha value is -3.30. The van der Waals surface area contributed by atoms with Crippen LogP contribution in [0.5, 0.6) is 5.75 Å². The monoisotopic (exact) mass is 361 g/mol. The zero-order chi connectivity index (χ0) is 18.7. The lowest BCUT2D eigenvalue weighted by atomic mass is 10.1. The highest BCUT2D eigenvalue weighted by atomic mass is 16.5. The Bertz CT molecular complexity index is 849. The number of hydrogen-bond acceptors (Lipinski definition) is 6. The predicted molar refractivity (Wildman–Crippen MR) is 92.0 cm³/mol. The van der Waals surface area contributed by atoms with Gasteiger partial charge in [0.05, 0.1) is 18.1 Å². The van der Waals surface area contributed by atoms with Gasteiger partial charge in [-0.2, -0.15) is 0 Å². The fraction of sp³-hybridized carbons (Fsp3) is 0.375. The van der Waals surface area contributed by atoms with Crippen molar-refractivity contribution >= 4 is 34.9 Å². The lowest BCUT2D eigenvalue weighted by molar-refractivity contribution is -0.141. The number of hydrogen-bond donors (Lipinski definition) is 4. The molecule has 1 aromatic carbocycles. The van der Waals surface area contributed by atoms with E-state index in [2.05, 4.69) is 20.6 Å². The van der Waals surface area contributed by atoms with Gasteiger partial charge in [0.2, 0.25) is 5.95 Å².